The highest BCUT2D eigenvalue weighted by atomic mass is 32.2. The van der Waals surface area contributed by atoms with E-state index in [0.717, 1.165) is 16.7 Å². The largest absolute Gasteiger partial charge is 0.546 e. The van der Waals surface area contributed by atoms with Crippen LogP contribution in [0, 0.1) is 0 Å². The molecule has 1 fully saturated rings. The van der Waals surface area contributed by atoms with Gasteiger partial charge >= 0.3 is 0 Å². The Labute approximate surface area is 148 Å². The van der Waals surface area contributed by atoms with Crippen LogP contribution in [0.1, 0.15) is 12.5 Å². The fourth-order valence-corrected chi connectivity index (χ4v) is 2.90. The van der Waals surface area contributed by atoms with E-state index in [1.807, 2.05) is 0 Å². The number of carbonyl (C=O) groups is 3. The Morgan fingerprint density at radius 3 is 2.72 bits per heavy atom. The fraction of sp³-hybridized carbons (Fsp3) is 0.235. The monoisotopic (exact) mass is 362 g/mol. The first kappa shape index (κ1) is 18.6. The average molecular weight is 362 g/mol. The lowest BCUT2D eigenvalue weighted by Gasteiger charge is -2.17. The molecule has 0 unspecified atom stereocenters. The number of hydrogen-bond acceptors (Lipinski definition) is 7. The van der Waals surface area contributed by atoms with Crippen molar-refractivity contribution in [3.63, 3.8) is 0 Å². The molecule has 0 aromatic heterocycles. The zero-order valence-corrected chi connectivity index (χ0v) is 14.5. The average Bonchev–Trinajstić information content (AvgIpc) is 2.83. The van der Waals surface area contributed by atoms with Crippen molar-refractivity contribution in [1.82, 2.24) is 4.90 Å². The molecule has 2 rings (SSSR count). The molecule has 1 atom stereocenters. The van der Waals surface area contributed by atoms with Gasteiger partial charge in [-0.1, -0.05) is 12.1 Å². The Morgan fingerprint density at radius 2 is 2.12 bits per heavy atom. The number of amides is 2. The molecular formula is C17H16NO6S-. The summed E-state index contributed by atoms with van der Waals surface area (Å²) < 4.78 is 10.4. The lowest BCUT2D eigenvalue weighted by Crippen LogP contribution is -2.37. The quantitative estimate of drug-likeness (QED) is 0.535. The number of nitrogens with zero attached hydrogens (tertiary/aromatic N) is 1. The van der Waals surface area contributed by atoms with Crippen LogP contribution in [0.5, 0.6) is 11.5 Å². The van der Waals surface area contributed by atoms with Gasteiger partial charge in [-0.05, 0) is 42.5 Å². The van der Waals surface area contributed by atoms with Crippen molar-refractivity contribution in [3.8, 4) is 11.5 Å². The third kappa shape index (κ3) is 4.21. The van der Waals surface area contributed by atoms with Crippen molar-refractivity contribution in [1.29, 1.82) is 0 Å². The first-order valence-electron chi connectivity index (χ1n) is 7.29. The molecule has 7 nitrogen and oxygen atoms in total. The van der Waals surface area contributed by atoms with Crippen LogP contribution in [-0.4, -0.2) is 41.8 Å². The van der Waals surface area contributed by atoms with Gasteiger partial charge in [0.1, 0.15) is 6.10 Å². The number of carbonyl (C=O) groups excluding carboxylic acids is 3. The number of aliphatic carboxylic acids is 1. The molecule has 8 heteroatoms. The van der Waals surface area contributed by atoms with Gasteiger partial charge in [-0.25, -0.2) is 0 Å². The van der Waals surface area contributed by atoms with E-state index < -0.39 is 12.1 Å². The number of carboxylic acid groups (broad SMARTS) is 1. The van der Waals surface area contributed by atoms with Gasteiger partial charge in [-0.2, -0.15) is 0 Å². The Bertz CT molecular complexity index is 758. The summed E-state index contributed by atoms with van der Waals surface area (Å²) in [6, 6.07) is 4.73. The van der Waals surface area contributed by atoms with Crippen LogP contribution in [0.3, 0.4) is 0 Å². The van der Waals surface area contributed by atoms with Crippen molar-refractivity contribution < 1.29 is 29.0 Å². The lowest BCUT2D eigenvalue weighted by atomic mass is 10.2. The predicted molar refractivity (Wildman–Crippen MR) is 91.0 cm³/mol. The van der Waals surface area contributed by atoms with Gasteiger partial charge in [0.05, 0.1) is 18.0 Å². The first-order chi connectivity index (χ1) is 11.9. The van der Waals surface area contributed by atoms with Gasteiger partial charge in [-0.3, -0.25) is 14.5 Å². The minimum Gasteiger partial charge on any atom is -0.546 e. The van der Waals surface area contributed by atoms with E-state index in [-0.39, 0.29) is 28.3 Å². The molecule has 0 bridgehead atoms. The van der Waals surface area contributed by atoms with E-state index in [4.69, 9.17) is 9.47 Å². The summed E-state index contributed by atoms with van der Waals surface area (Å²) in [5.41, 5.74) is 0.606. The standard InChI is InChI=1S/C17H17NO6S/c1-4-7-18-15(19)14(25-17(18)22)9-11-5-6-12(13(8-11)23-3)24-10(2)16(20)21/h4-6,8-10H,1,7H2,2-3H3,(H,20,21)/p-1/b14-9+/t10-/m0/s1. The molecular weight excluding hydrogens is 346 g/mol. The highest BCUT2D eigenvalue weighted by Crippen LogP contribution is 2.34. The van der Waals surface area contributed by atoms with Crippen LogP contribution < -0.4 is 14.6 Å². The fourth-order valence-electron chi connectivity index (χ4n) is 2.05. The van der Waals surface area contributed by atoms with Gasteiger partial charge in [0.15, 0.2) is 11.5 Å². The number of benzene rings is 1. The minimum absolute atomic E-state index is 0.152. The summed E-state index contributed by atoms with van der Waals surface area (Å²) in [7, 11) is 1.41. The van der Waals surface area contributed by atoms with Crippen molar-refractivity contribution >= 4 is 35.0 Å². The van der Waals surface area contributed by atoms with Crippen LogP contribution >= 0.6 is 11.8 Å². The molecule has 0 aliphatic carbocycles. The number of methoxy groups -OCH3 is 1. The van der Waals surface area contributed by atoms with E-state index in [1.165, 1.54) is 26.2 Å². The molecule has 1 heterocycles. The van der Waals surface area contributed by atoms with E-state index in [0.29, 0.717) is 11.3 Å². The zero-order valence-electron chi connectivity index (χ0n) is 13.7. The van der Waals surface area contributed by atoms with Crippen molar-refractivity contribution in [3.05, 3.63) is 41.3 Å². The summed E-state index contributed by atoms with van der Waals surface area (Å²) in [4.78, 5) is 36.2. The van der Waals surface area contributed by atoms with E-state index in [2.05, 4.69) is 6.58 Å². The summed E-state index contributed by atoms with van der Waals surface area (Å²) in [6.45, 7) is 5.02. The third-order valence-electron chi connectivity index (χ3n) is 3.31. The van der Waals surface area contributed by atoms with Gasteiger partial charge in [0, 0.05) is 6.54 Å². The molecule has 2 amide bonds. The maximum absolute atomic E-state index is 12.2. The van der Waals surface area contributed by atoms with Crippen LogP contribution in [0.15, 0.2) is 35.8 Å². The van der Waals surface area contributed by atoms with E-state index >= 15 is 0 Å². The maximum atomic E-state index is 12.2. The number of hydrogen-bond donors (Lipinski definition) is 0. The van der Waals surface area contributed by atoms with E-state index in [9.17, 15) is 19.5 Å². The second-order valence-electron chi connectivity index (χ2n) is 5.07. The van der Waals surface area contributed by atoms with Crippen LogP contribution in [0.25, 0.3) is 6.08 Å². The van der Waals surface area contributed by atoms with Crippen LogP contribution in [0.2, 0.25) is 0 Å². The SMILES string of the molecule is C=CCN1C(=O)S/C(=C/c2ccc(O[C@@H](C)C(=O)[O-])c(OC)c2)C1=O. The summed E-state index contributed by atoms with van der Waals surface area (Å²) in [5, 5.41) is 10.4. The van der Waals surface area contributed by atoms with Gasteiger partial charge in [0.25, 0.3) is 11.1 Å². The third-order valence-corrected chi connectivity index (χ3v) is 4.21. The molecule has 0 radical (unpaired) electrons. The normalized spacial score (nSPS) is 16.9. The second-order valence-corrected chi connectivity index (χ2v) is 6.06. The lowest BCUT2D eigenvalue weighted by molar-refractivity contribution is -0.312. The Balaban J connectivity index is 2.26. The number of imide groups is 1. The Hall–Kier alpha value is -2.74. The zero-order chi connectivity index (χ0) is 18.6. The summed E-state index contributed by atoms with van der Waals surface area (Å²) in [6.07, 6.45) is 1.89. The molecule has 0 saturated carbocycles. The predicted octanol–water partition coefficient (Wildman–Crippen LogP) is 1.43. The Kier molecular flexibility index (Phi) is 5.87. The Morgan fingerprint density at radius 1 is 1.40 bits per heavy atom. The smallest absolute Gasteiger partial charge is 0.293 e. The number of rotatable bonds is 7. The molecule has 1 saturated heterocycles. The molecule has 132 valence electrons. The van der Waals surface area contributed by atoms with Gasteiger partial charge < -0.3 is 19.4 Å². The number of thioether (sulfide) groups is 1. The highest BCUT2D eigenvalue weighted by Gasteiger charge is 2.34. The highest BCUT2D eigenvalue weighted by molar-refractivity contribution is 8.18. The molecule has 0 N–H and O–H groups in total. The maximum Gasteiger partial charge on any atom is 0.293 e. The topological polar surface area (TPSA) is 96.0 Å². The van der Waals surface area contributed by atoms with Gasteiger partial charge in [-0.15, -0.1) is 6.58 Å². The summed E-state index contributed by atoms with van der Waals surface area (Å²) >= 11 is 0.842. The molecule has 1 aliphatic heterocycles. The molecule has 0 spiro atoms. The van der Waals surface area contributed by atoms with Crippen molar-refractivity contribution in [2.24, 2.45) is 0 Å². The van der Waals surface area contributed by atoms with Crippen molar-refractivity contribution in [2.75, 3.05) is 13.7 Å². The van der Waals surface area contributed by atoms with Crippen LogP contribution in [0.4, 0.5) is 4.79 Å². The number of carboxylic acids is 1. The van der Waals surface area contributed by atoms with Gasteiger partial charge in [0.2, 0.25) is 0 Å². The van der Waals surface area contributed by atoms with Crippen LogP contribution in [-0.2, 0) is 9.59 Å². The summed E-state index contributed by atoms with van der Waals surface area (Å²) in [5.74, 6) is -1.20. The molecule has 25 heavy (non-hydrogen) atoms. The first-order valence-corrected chi connectivity index (χ1v) is 8.10. The molecule has 1 aromatic carbocycles. The molecule has 1 aliphatic rings. The second kappa shape index (κ2) is 7.89. The van der Waals surface area contributed by atoms with E-state index in [1.54, 1.807) is 18.2 Å². The minimum atomic E-state index is -1.35. The number of ether oxygens (including phenoxy) is 2. The molecule has 1 aromatic rings. The van der Waals surface area contributed by atoms with Crippen molar-refractivity contribution in [2.45, 2.75) is 13.0 Å².